The van der Waals surface area contributed by atoms with E-state index in [1.165, 1.54) is 0 Å². The van der Waals surface area contributed by atoms with E-state index in [9.17, 15) is 4.79 Å². The standard InChI is InChI=1S/C19H27NO2/c1-3-5-12-18-14-13-17(9-4-2)20(18)19(21)22-15-16-10-7-6-8-11-16/h4,6-8,10-11,17-18H,2-3,5,9,12-15H2,1H3/t17-,18-/m1/s1. The molecule has 0 saturated carbocycles. The molecule has 0 aromatic heterocycles. The zero-order valence-corrected chi connectivity index (χ0v) is 13.5. The number of ether oxygens (including phenoxy) is 1. The topological polar surface area (TPSA) is 29.5 Å². The third-order valence-electron chi connectivity index (χ3n) is 4.37. The van der Waals surface area contributed by atoms with E-state index in [0.29, 0.717) is 12.6 Å². The number of hydrogen-bond donors (Lipinski definition) is 0. The summed E-state index contributed by atoms with van der Waals surface area (Å²) < 4.78 is 5.55. The molecular formula is C19H27NO2. The molecule has 2 atom stereocenters. The molecule has 120 valence electrons. The summed E-state index contributed by atoms with van der Waals surface area (Å²) in [5, 5.41) is 0. The first-order chi connectivity index (χ1) is 10.8. The van der Waals surface area contributed by atoms with Gasteiger partial charge in [-0.2, -0.15) is 0 Å². The van der Waals surface area contributed by atoms with Gasteiger partial charge in [0.05, 0.1) is 0 Å². The van der Waals surface area contributed by atoms with Crippen molar-refractivity contribution in [2.24, 2.45) is 0 Å². The monoisotopic (exact) mass is 301 g/mol. The molecule has 3 nitrogen and oxygen atoms in total. The number of hydrogen-bond acceptors (Lipinski definition) is 2. The van der Waals surface area contributed by atoms with Gasteiger partial charge in [-0.1, -0.05) is 56.2 Å². The van der Waals surface area contributed by atoms with E-state index in [0.717, 1.165) is 44.1 Å². The van der Waals surface area contributed by atoms with Gasteiger partial charge in [-0.3, -0.25) is 0 Å². The number of rotatable bonds is 7. The summed E-state index contributed by atoms with van der Waals surface area (Å²) in [7, 11) is 0. The third-order valence-corrected chi connectivity index (χ3v) is 4.37. The van der Waals surface area contributed by atoms with Crippen molar-refractivity contribution in [3.05, 3.63) is 48.6 Å². The summed E-state index contributed by atoms with van der Waals surface area (Å²) >= 11 is 0. The minimum absolute atomic E-state index is 0.172. The van der Waals surface area contributed by atoms with Crippen LogP contribution < -0.4 is 0 Å². The molecule has 1 aromatic rings. The van der Waals surface area contributed by atoms with E-state index in [1.807, 2.05) is 41.3 Å². The first kappa shape index (κ1) is 16.6. The Morgan fingerprint density at radius 3 is 2.73 bits per heavy atom. The van der Waals surface area contributed by atoms with Gasteiger partial charge in [0.25, 0.3) is 0 Å². The van der Waals surface area contributed by atoms with Crippen LogP contribution in [-0.4, -0.2) is 23.1 Å². The van der Waals surface area contributed by atoms with Crippen molar-refractivity contribution in [3.63, 3.8) is 0 Å². The lowest BCUT2D eigenvalue weighted by atomic mass is 10.1. The Balaban J connectivity index is 1.96. The summed E-state index contributed by atoms with van der Waals surface area (Å²) in [6.07, 6.45) is 8.12. The number of carbonyl (C=O) groups is 1. The Hall–Kier alpha value is -1.77. The fraction of sp³-hybridized carbons (Fsp3) is 0.526. The zero-order valence-electron chi connectivity index (χ0n) is 13.5. The molecule has 0 unspecified atom stereocenters. The Bertz CT molecular complexity index is 472. The molecule has 1 aromatic carbocycles. The van der Waals surface area contributed by atoms with Gasteiger partial charge in [0, 0.05) is 12.1 Å². The fourth-order valence-corrected chi connectivity index (χ4v) is 3.20. The highest BCUT2D eigenvalue weighted by atomic mass is 16.6. The number of likely N-dealkylation sites (tertiary alicyclic amines) is 1. The molecular weight excluding hydrogens is 274 g/mol. The summed E-state index contributed by atoms with van der Waals surface area (Å²) in [6, 6.07) is 10.4. The highest BCUT2D eigenvalue weighted by molar-refractivity contribution is 5.69. The lowest BCUT2D eigenvalue weighted by Gasteiger charge is -2.29. The summed E-state index contributed by atoms with van der Waals surface area (Å²) in [4.78, 5) is 14.5. The number of carbonyl (C=O) groups excluding carboxylic acids is 1. The Labute approximate surface area is 134 Å². The smallest absolute Gasteiger partial charge is 0.410 e. The van der Waals surface area contributed by atoms with E-state index in [1.54, 1.807) is 0 Å². The summed E-state index contributed by atoms with van der Waals surface area (Å²) in [5.41, 5.74) is 1.03. The second-order valence-electron chi connectivity index (χ2n) is 6.00. The summed E-state index contributed by atoms with van der Waals surface area (Å²) in [6.45, 7) is 6.35. The molecule has 22 heavy (non-hydrogen) atoms. The van der Waals surface area contributed by atoms with Crippen molar-refractivity contribution < 1.29 is 9.53 Å². The molecule has 0 radical (unpaired) electrons. The molecule has 1 fully saturated rings. The molecule has 0 bridgehead atoms. The van der Waals surface area contributed by atoms with E-state index < -0.39 is 0 Å². The van der Waals surface area contributed by atoms with Crippen molar-refractivity contribution in [3.8, 4) is 0 Å². The van der Waals surface area contributed by atoms with Crippen LogP contribution in [0.3, 0.4) is 0 Å². The van der Waals surface area contributed by atoms with E-state index in [-0.39, 0.29) is 12.1 Å². The van der Waals surface area contributed by atoms with Crippen molar-refractivity contribution in [1.82, 2.24) is 4.90 Å². The maximum Gasteiger partial charge on any atom is 0.410 e. The fourth-order valence-electron chi connectivity index (χ4n) is 3.20. The lowest BCUT2D eigenvalue weighted by Crippen LogP contribution is -2.41. The van der Waals surface area contributed by atoms with Gasteiger partial charge in [0.15, 0.2) is 0 Å². The Morgan fingerprint density at radius 2 is 2.05 bits per heavy atom. The average Bonchev–Trinajstić information content (AvgIpc) is 2.95. The number of amides is 1. The maximum absolute atomic E-state index is 12.5. The van der Waals surface area contributed by atoms with Gasteiger partial charge in [-0.15, -0.1) is 6.58 Å². The maximum atomic E-state index is 12.5. The molecule has 0 N–H and O–H groups in total. The minimum Gasteiger partial charge on any atom is -0.445 e. The molecule has 3 heteroatoms. The molecule has 1 saturated heterocycles. The van der Waals surface area contributed by atoms with Gasteiger partial charge in [0.1, 0.15) is 6.61 Å². The molecule has 1 heterocycles. The van der Waals surface area contributed by atoms with Crippen LogP contribution in [0, 0.1) is 0 Å². The highest BCUT2D eigenvalue weighted by Crippen LogP contribution is 2.30. The number of nitrogens with zero attached hydrogens (tertiary/aromatic N) is 1. The van der Waals surface area contributed by atoms with Gasteiger partial charge in [0.2, 0.25) is 0 Å². The van der Waals surface area contributed by atoms with Crippen molar-refractivity contribution in [2.75, 3.05) is 0 Å². The second-order valence-corrected chi connectivity index (χ2v) is 6.00. The molecule has 0 aliphatic carbocycles. The number of unbranched alkanes of at least 4 members (excludes halogenated alkanes) is 1. The van der Waals surface area contributed by atoms with Crippen LogP contribution in [-0.2, 0) is 11.3 Å². The highest BCUT2D eigenvalue weighted by Gasteiger charge is 2.36. The van der Waals surface area contributed by atoms with Crippen LogP contribution in [0.25, 0.3) is 0 Å². The first-order valence-corrected chi connectivity index (χ1v) is 8.36. The van der Waals surface area contributed by atoms with Crippen molar-refractivity contribution in [1.29, 1.82) is 0 Å². The minimum atomic E-state index is -0.172. The Kier molecular flexibility index (Phi) is 6.50. The SMILES string of the molecule is C=CC[C@@H]1CC[C@@H](CCCC)N1C(=O)OCc1ccccc1. The molecule has 1 amide bonds. The second kappa shape index (κ2) is 8.62. The van der Waals surface area contributed by atoms with Crippen LogP contribution in [0.2, 0.25) is 0 Å². The van der Waals surface area contributed by atoms with Crippen LogP contribution in [0.15, 0.2) is 43.0 Å². The van der Waals surface area contributed by atoms with E-state index in [2.05, 4.69) is 13.5 Å². The molecule has 2 rings (SSSR count). The largest absolute Gasteiger partial charge is 0.445 e. The predicted molar refractivity (Wildman–Crippen MR) is 89.6 cm³/mol. The quantitative estimate of drug-likeness (QED) is 0.669. The van der Waals surface area contributed by atoms with Gasteiger partial charge < -0.3 is 9.64 Å². The first-order valence-electron chi connectivity index (χ1n) is 8.36. The third kappa shape index (κ3) is 4.36. The van der Waals surface area contributed by atoms with Gasteiger partial charge in [-0.25, -0.2) is 4.79 Å². The lowest BCUT2D eigenvalue weighted by molar-refractivity contribution is 0.0767. The number of benzene rings is 1. The van der Waals surface area contributed by atoms with Crippen LogP contribution in [0.4, 0.5) is 4.79 Å². The van der Waals surface area contributed by atoms with Crippen LogP contribution >= 0.6 is 0 Å². The van der Waals surface area contributed by atoms with Gasteiger partial charge >= 0.3 is 6.09 Å². The van der Waals surface area contributed by atoms with E-state index in [4.69, 9.17) is 4.74 Å². The zero-order chi connectivity index (χ0) is 15.8. The molecule has 0 spiro atoms. The van der Waals surface area contributed by atoms with Crippen molar-refractivity contribution >= 4 is 6.09 Å². The average molecular weight is 301 g/mol. The Morgan fingerprint density at radius 1 is 1.32 bits per heavy atom. The molecule has 1 aliphatic rings. The van der Waals surface area contributed by atoms with E-state index >= 15 is 0 Å². The molecule has 1 aliphatic heterocycles. The van der Waals surface area contributed by atoms with Crippen LogP contribution in [0.5, 0.6) is 0 Å². The van der Waals surface area contributed by atoms with Gasteiger partial charge in [-0.05, 0) is 31.2 Å². The van der Waals surface area contributed by atoms with Crippen LogP contribution in [0.1, 0.15) is 51.0 Å². The normalized spacial score (nSPS) is 20.9. The summed E-state index contributed by atoms with van der Waals surface area (Å²) in [5.74, 6) is 0. The predicted octanol–water partition coefficient (Wildman–Crippen LogP) is 4.92. The van der Waals surface area contributed by atoms with Crippen molar-refractivity contribution in [2.45, 2.75) is 64.1 Å².